The maximum absolute atomic E-state index is 2.29. The van der Waals surface area contributed by atoms with Crippen LogP contribution in [0, 0.1) is 0 Å². The molecule has 23 heavy (non-hydrogen) atoms. The lowest BCUT2D eigenvalue weighted by atomic mass is 9.90. The lowest BCUT2D eigenvalue weighted by molar-refractivity contribution is 0.994. The molecule has 116 valence electrons. The van der Waals surface area contributed by atoms with E-state index < -0.39 is 0 Å². The van der Waals surface area contributed by atoms with Crippen LogP contribution in [-0.2, 0) is 19.3 Å². The summed E-state index contributed by atoms with van der Waals surface area (Å²) in [5.41, 5.74) is 8.53. The molecule has 0 atom stereocenters. The third kappa shape index (κ3) is 3.37. The fraction of sp³-hybridized carbons (Fsp3) is 0.217. The van der Waals surface area contributed by atoms with Crippen molar-refractivity contribution in [1.82, 2.24) is 0 Å². The molecule has 0 radical (unpaired) electrons. The summed E-state index contributed by atoms with van der Waals surface area (Å²) in [5.74, 6) is 0. The second-order valence-electron chi connectivity index (χ2n) is 5.96. The van der Waals surface area contributed by atoms with Crippen molar-refractivity contribution in [1.29, 1.82) is 0 Å². The summed E-state index contributed by atoms with van der Waals surface area (Å²) in [5, 5.41) is 0. The number of benzene rings is 3. The van der Waals surface area contributed by atoms with Gasteiger partial charge in [-0.15, -0.1) is 0 Å². The number of rotatable bonds is 5. The minimum absolute atomic E-state index is 1.00. The zero-order valence-electron chi connectivity index (χ0n) is 14.0. The largest absolute Gasteiger partial charge is 0.0622 e. The second-order valence-corrected chi connectivity index (χ2v) is 5.96. The topological polar surface area (TPSA) is 0 Å². The van der Waals surface area contributed by atoms with Crippen LogP contribution in [0.2, 0.25) is 0 Å². The molecule has 0 aromatic heterocycles. The SMILES string of the molecule is CCc1cccc(Cc2ccccc2-c2ccccc2)c1CC. The normalized spacial score (nSPS) is 10.7. The highest BCUT2D eigenvalue weighted by molar-refractivity contribution is 5.68. The van der Waals surface area contributed by atoms with E-state index in [1.165, 1.54) is 33.4 Å². The van der Waals surface area contributed by atoms with Crippen LogP contribution in [0.15, 0.2) is 72.8 Å². The summed E-state index contributed by atoms with van der Waals surface area (Å²) in [6.45, 7) is 4.51. The van der Waals surface area contributed by atoms with E-state index in [9.17, 15) is 0 Å². The molecule has 0 heterocycles. The predicted molar refractivity (Wildman–Crippen MR) is 99.9 cm³/mol. The van der Waals surface area contributed by atoms with Gasteiger partial charge >= 0.3 is 0 Å². The van der Waals surface area contributed by atoms with Crippen LogP contribution in [0.1, 0.15) is 36.1 Å². The van der Waals surface area contributed by atoms with Crippen LogP contribution in [0.5, 0.6) is 0 Å². The van der Waals surface area contributed by atoms with Crippen LogP contribution in [0.25, 0.3) is 11.1 Å². The third-order valence-corrected chi connectivity index (χ3v) is 4.59. The van der Waals surface area contributed by atoms with Gasteiger partial charge in [-0.25, -0.2) is 0 Å². The van der Waals surface area contributed by atoms with Crippen molar-refractivity contribution in [2.75, 3.05) is 0 Å². The standard InChI is InChI=1S/C23H24/c1-3-18-14-10-15-20(22(18)4-2)17-21-13-8-9-16-23(21)19-11-6-5-7-12-19/h5-16H,3-4,17H2,1-2H3. The number of hydrogen-bond acceptors (Lipinski definition) is 0. The highest BCUT2D eigenvalue weighted by Crippen LogP contribution is 2.27. The monoisotopic (exact) mass is 300 g/mol. The van der Waals surface area contributed by atoms with E-state index in [2.05, 4.69) is 86.6 Å². The minimum Gasteiger partial charge on any atom is -0.0622 e. The number of hydrogen-bond donors (Lipinski definition) is 0. The van der Waals surface area contributed by atoms with E-state index in [-0.39, 0.29) is 0 Å². The summed E-state index contributed by atoms with van der Waals surface area (Å²) >= 11 is 0. The van der Waals surface area contributed by atoms with Crippen LogP contribution in [0.3, 0.4) is 0 Å². The highest BCUT2D eigenvalue weighted by Gasteiger charge is 2.09. The Morgan fingerprint density at radius 3 is 1.96 bits per heavy atom. The first-order valence-electron chi connectivity index (χ1n) is 8.56. The average molecular weight is 300 g/mol. The van der Waals surface area contributed by atoms with Gasteiger partial charge in [0.05, 0.1) is 0 Å². The predicted octanol–water partition coefficient (Wildman–Crippen LogP) is 6.07. The molecule has 0 fully saturated rings. The zero-order chi connectivity index (χ0) is 16.1. The summed E-state index contributed by atoms with van der Waals surface area (Å²) in [6.07, 6.45) is 3.21. The van der Waals surface area contributed by atoms with Crippen LogP contribution < -0.4 is 0 Å². The van der Waals surface area contributed by atoms with Crippen molar-refractivity contribution in [2.24, 2.45) is 0 Å². The molecule has 0 unspecified atom stereocenters. The van der Waals surface area contributed by atoms with Crippen molar-refractivity contribution < 1.29 is 0 Å². The molecule has 0 nitrogen and oxygen atoms in total. The molecule has 0 N–H and O–H groups in total. The minimum atomic E-state index is 1.00. The first-order valence-corrected chi connectivity index (χ1v) is 8.56. The van der Waals surface area contributed by atoms with Gasteiger partial charge < -0.3 is 0 Å². The Balaban J connectivity index is 2.02. The molecule has 0 saturated heterocycles. The second kappa shape index (κ2) is 7.28. The molecule has 0 amide bonds. The molecule has 0 aliphatic rings. The molecule has 3 aromatic rings. The zero-order valence-corrected chi connectivity index (χ0v) is 14.0. The van der Waals surface area contributed by atoms with Crippen molar-refractivity contribution in [3.05, 3.63) is 95.1 Å². The van der Waals surface area contributed by atoms with Gasteiger partial charge in [-0.05, 0) is 52.6 Å². The summed E-state index contributed by atoms with van der Waals surface area (Å²) in [7, 11) is 0. The lowest BCUT2D eigenvalue weighted by Gasteiger charge is -2.15. The van der Waals surface area contributed by atoms with E-state index in [0.29, 0.717) is 0 Å². The molecular weight excluding hydrogens is 276 g/mol. The lowest BCUT2D eigenvalue weighted by Crippen LogP contribution is -2.00. The van der Waals surface area contributed by atoms with E-state index in [0.717, 1.165) is 19.3 Å². The van der Waals surface area contributed by atoms with Crippen molar-refractivity contribution in [3.63, 3.8) is 0 Å². The molecular formula is C23H24. The van der Waals surface area contributed by atoms with E-state index in [4.69, 9.17) is 0 Å². The average Bonchev–Trinajstić information content (AvgIpc) is 2.62. The van der Waals surface area contributed by atoms with E-state index in [1.807, 2.05) is 0 Å². The molecule has 0 aliphatic carbocycles. The smallest absolute Gasteiger partial charge is 0.00168 e. The maximum atomic E-state index is 2.29. The van der Waals surface area contributed by atoms with Gasteiger partial charge in [0.2, 0.25) is 0 Å². The van der Waals surface area contributed by atoms with Gasteiger partial charge in [0, 0.05) is 0 Å². The Bertz CT molecular complexity index is 769. The third-order valence-electron chi connectivity index (χ3n) is 4.59. The van der Waals surface area contributed by atoms with E-state index in [1.54, 1.807) is 0 Å². The summed E-state index contributed by atoms with van der Waals surface area (Å²) in [6, 6.07) is 26.2. The fourth-order valence-electron chi connectivity index (χ4n) is 3.42. The maximum Gasteiger partial charge on any atom is -0.00168 e. The highest BCUT2D eigenvalue weighted by atomic mass is 14.1. The van der Waals surface area contributed by atoms with E-state index >= 15 is 0 Å². The van der Waals surface area contributed by atoms with Crippen LogP contribution in [0.4, 0.5) is 0 Å². The molecule has 0 spiro atoms. The fourth-order valence-corrected chi connectivity index (χ4v) is 3.42. The van der Waals surface area contributed by atoms with Crippen molar-refractivity contribution in [3.8, 4) is 11.1 Å². The van der Waals surface area contributed by atoms with Gasteiger partial charge in [0.15, 0.2) is 0 Å². The summed E-state index contributed by atoms with van der Waals surface area (Å²) < 4.78 is 0. The molecule has 0 heteroatoms. The molecule has 3 rings (SSSR count). The van der Waals surface area contributed by atoms with Crippen molar-refractivity contribution >= 4 is 0 Å². The van der Waals surface area contributed by atoms with Gasteiger partial charge in [-0.3, -0.25) is 0 Å². The molecule has 0 saturated carbocycles. The van der Waals surface area contributed by atoms with Gasteiger partial charge in [0.25, 0.3) is 0 Å². The molecule has 0 aliphatic heterocycles. The molecule has 0 bridgehead atoms. The molecule has 3 aromatic carbocycles. The first-order chi connectivity index (χ1) is 11.3. The Morgan fingerprint density at radius 1 is 0.565 bits per heavy atom. The van der Waals surface area contributed by atoms with Crippen LogP contribution >= 0.6 is 0 Å². The van der Waals surface area contributed by atoms with Gasteiger partial charge in [-0.2, -0.15) is 0 Å². The van der Waals surface area contributed by atoms with Gasteiger partial charge in [0.1, 0.15) is 0 Å². The number of aryl methyl sites for hydroxylation is 1. The summed E-state index contributed by atoms with van der Waals surface area (Å²) in [4.78, 5) is 0. The van der Waals surface area contributed by atoms with Crippen molar-refractivity contribution in [2.45, 2.75) is 33.1 Å². The van der Waals surface area contributed by atoms with Crippen LogP contribution in [-0.4, -0.2) is 0 Å². The first kappa shape index (κ1) is 15.6. The Labute approximate surface area is 139 Å². The Morgan fingerprint density at radius 2 is 1.22 bits per heavy atom. The quantitative estimate of drug-likeness (QED) is 0.536. The van der Waals surface area contributed by atoms with Gasteiger partial charge in [-0.1, -0.05) is 86.6 Å². The Kier molecular flexibility index (Phi) is 4.92. The Hall–Kier alpha value is -2.34.